The maximum Gasteiger partial charge on any atom is 0.231 e. The Hall–Kier alpha value is -0.970. The highest BCUT2D eigenvalue weighted by molar-refractivity contribution is 6.32. The van der Waals surface area contributed by atoms with E-state index in [9.17, 15) is 0 Å². The summed E-state index contributed by atoms with van der Waals surface area (Å²) in [4.78, 5) is 2.36. The van der Waals surface area contributed by atoms with E-state index >= 15 is 0 Å². The van der Waals surface area contributed by atoms with E-state index in [1.807, 2.05) is 12.1 Å². The molecular formula is C15H23ClN2O2. The fourth-order valence-electron chi connectivity index (χ4n) is 2.14. The first kappa shape index (κ1) is 15.4. The van der Waals surface area contributed by atoms with Crippen molar-refractivity contribution in [3.63, 3.8) is 0 Å². The second kappa shape index (κ2) is 7.16. The van der Waals surface area contributed by atoms with Gasteiger partial charge in [0.05, 0.1) is 5.02 Å². The van der Waals surface area contributed by atoms with Gasteiger partial charge in [-0.05, 0) is 38.1 Å². The van der Waals surface area contributed by atoms with Crippen molar-refractivity contribution in [2.24, 2.45) is 0 Å². The van der Waals surface area contributed by atoms with Gasteiger partial charge in [-0.3, -0.25) is 0 Å². The van der Waals surface area contributed by atoms with Gasteiger partial charge >= 0.3 is 0 Å². The van der Waals surface area contributed by atoms with Crippen LogP contribution in [0.2, 0.25) is 5.02 Å². The molecule has 112 valence electrons. The van der Waals surface area contributed by atoms with Gasteiger partial charge in [0.1, 0.15) is 0 Å². The summed E-state index contributed by atoms with van der Waals surface area (Å²) in [5.74, 6) is 1.40. The molecule has 0 saturated heterocycles. The lowest BCUT2D eigenvalue weighted by atomic mass is 10.2. The van der Waals surface area contributed by atoms with E-state index in [-0.39, 0.29) is 6.79 Å². The molecule has 1 aliphatic rings. The molecule has 1 unspecified atom stereocenters. The molecule has 2 rings (SSSR count). The molecule has 5 heteroatoms. The Balaban J connectivity index is 1.79. The molecule has 0 fully saturated rings. The van der Waals surface area contributed by atoms with Crippen molar-refractivity contribution in [3.8, 4) is 11.5 Å². The zero-order valence-corrected chi connectivity index (χ0v) is 13.2. The molecule has 0 radical (unpaired) electrons. The Bertz CT molecular complexity index is 454. The Labute approximate surface area is 126 Å². The third-order valence-corrected chi connectivity index (χ3v) is 4.08. The number of benzene rings is 1. The first-order valence-corrected chi connectivity index (χ1v) is 7.48. The maximum atomic E-state index is 6.16. The van der Waals surface area contributed by atoms with Crippen LogP contribution < -0.4 is 14.8 Å². The largest absolute Gasteiger partial charge is 0.454 e. The van der Waals surface area contributed by atoms with Crippen LogP contribution in [0, 0.1) is 0 Å². The molecule has 0 aliphatic carbocycles. The van der Waals surface area contributed by atoms with Crippen LogP contribution in [0.5, 0.6) is 11.5 Å². The molecule has 20 heavy (non-hydrogen) atoms. The van der Waals surface area contributed by atoms with Crippen LogP contribution in [0.15, 0.2) is 12.1 Å². The fraction of sp³-hybridized carbons (Fsp3) is 0.600. The lowest BCUT2D eigenvalue weighted by molar-refractivity contribution is 0.174. The Morgan fingerprint density at radius 1 is 1.40 bits per heavy atom. The van der Waals surface area contributed by atoms with Crippen molar-refractivity contribution < 1.29 is 9.47 Å². The van der Waals surface area contributed by atoms with Crippen LogP contribution in [-0.4, -0.2) is 37.9 Å². The number of likely N-dealkylation sites (N-methyl/N-ethyl adjacent to an activating group) is 1. The van der Waals surface area contributed by atoms with Gasteiger partial charge < -0.3 is 19.7 Å². The fourth-order valence-corrected chi connectivity index (χ4v) is 2.43. The highest BCUT2D eigenvalue weighted by Gasteiger charge is 2.18. The summed E-state index contributed by atoms with van der Waals surface area (Å²) >= 11 is 6.16. The number of fused-ring (bicyclic) bond motifs is 1. The van der Waals surface area contributed by atoms with E-state index in [4.69, 9.17) is 21.1 Å². The summed E-state index contributed by atoms with van der Waals surface area (Å²) in [6.07, 6.45) is 1.17. The Kier molecular flexibility index (Phi) is 5.52. The second-order valence-electron chi connectivity index (χ2n) is 5.23. The molecule has 1 heterocycles. The molecule has 1 aromatic carbocycles. The number of nitrogens with one attached hydrogen (secondary N) is 1. The molecule has 1 aliphatic heterocycles. The Morgan fingerprint density at radius 2 is 2.20 bits per heavy atom. The summed E-state index contributed by atoms with van der Waals surface area (Å²) in [5, 5.41) is 4.05. The van der Waals surface area contributed by atoms with Gasteiger partial charge in [0, 0.05) is 25.7 Å². The van der Waals surface area contributed by atoms with E-state index in [0.717, 1.165) is 30.9 Å². The second-order valence-corrected chi connectivity index (χ2v) is 5.63. The molecule has 1 aromatic rings. The number of hydrogen-bond donors (Lipinski definition) is 1. The van der Waals surface area contributed by atoms with Gasteiger partial charge in [-0.25, -0.2) is 0 Å². The van der Waals surface area contributed by atoms with Crippen LogP contribution in [0.25, 0.3) is 0 Å². The first-order chi connectivity index (χ1) is 9.61. The third kappa shape index (κ3) is 3.78. The van der Waals surface area contributed by atoms with Gasteiger partial charge in [-0.2, -0.15) is 0 Å². The van der Waals surface area contributed by atoms with E-state index in [0.29, 0.717) is 16.8 Å². The molecule has 4 nitrogen and oxygen atoms in total. The maximum absolute atomic E-state index is 6.16. The minimum atomic E-state index is 0.256. The summed E-state index contributed by atoms with van der Waals surface area (Å²) in [6, 6.07) is 4.54. The van der Waals surface area contributed by atoms with Crippen molar-refractivity contribution in [2.45, 2.75) is 32.9 Å². The van der Waals surface area contributed by atoms with E-state index in [1.165, 1.54) is 6.42 Å². The van der Waals surface area contributed by atoms with Gasteiger partial charge in [0.15, 0.2) is 11.5 Å². The SMILES string of the molecule is CCC(C)N(C)CCNCc1cc(Cl)c2c(c1)OCO2. The van der Waals surface area contributed by atoms with Gasteiger partial charge in [0.2, 0.25) is 6.79 Å². The van der Waals surface area contributed by atoms with Crippen molar-refractivity contribution in [2.75, 3.05) is 26.9 Å². The number of ether oxygens (including phenoxy) is 2. The summed E-state index contributed by atoms with van der Waals surface area (Å²) in [6.45, 7) is 7.48. The van der Waals surface area contributed by atoms with Gasteiger partial charge in [-0.15, -0.1) is 0 Å². The topological polar surface area (TPSA) is 33.7 Å². The minimum absolute atomic E-state index is 0.256. The molecule has 0 saturated carbocycles. The number of nitrogens with zero attached hydrogens (tertiary/aromatic N) is 1. The zero-order valence-electron chi connectivity index (χ0n) is 12.4. The van der Waals surface area contributed by atoms with Crippen molar-refractivity contribution in [1.29, 1.82) is 0 Å². The zero-order chi connectivity index (χ0) is 14.5. The number of halogens is 1. The molecule has 0 spiro atoms. The molecule has 1 atom stereocenters. The van der Waals surface area contributed by atoms with E-state index in [2.05, 4.69) is 31.1 Å². The van der Waals surface area contributed by atoms with Crippen LogP contribution in [0.3, 0.4) is 0 Å². The van der Waals surface area contributed by atoms with Crippen molar-refractivity contribution in [1.82, 2.24) is 10.2 Å². The molecule has 0 aromatic heterocycles. The van der Waals surface area contributed by atoms with Crippen LogP contribution in [-0.2, 0) is 6.54 Å². The smallest absolute Gasteiger partial charge is 0.231 e. The minimum Gasteiger partial charge on any atom is -0.454 e. The average molecular weight is 299 g/mol. The first-order valence-electron chi connectivity index (χ1n) is 7.10. The van der Waals surface area contributed by atoms with Crippen molar-refractivity contribution in [3.05, 3.63) is 22.7 Å². The number of hydrogen-bond acceptors (Lipinski definition) is 4. The predicted octanol–water partition coefficient (Wildman–Crippen LogP) is 2.89. The molecular weight excluding hydrogens is 276 g/mol. The lowest BCUT2D eigenvalue weighted by Crippen LogP contribution is -2.34. The van der Waals surface area contributed by atoms with Crippen LogP contribution >= 0.6 is 11.6 Å². The third-order valence-electron chi connectivity index (χ3n) is 3.80. The average Bonchev–Trinajstić information content (AvgIpc) is 2.91. The molecule has 1 N–H and O–H groups in total. The van der Waals surface area contributed by atoms with E-state index < -0.39 is 0 Å². The van der Waals surface area contributed by atoms with E-state index in [1.54, 1.807) is 0 Å². The highest BCUT2D eigenvalue weighted by atomic mass is 35.5. The summed E-state index contributed by atoms with van der Waals surface area (Å²) in [7, 11) is 2.16. The molecule has 0 amide bonds. The lowest BCUT2D eigenvalue weighted by Gasteiger charge is -2.23. The Morgan fingerprint density at radius 3 is 2.95 bits per heavy atom. The number of rotatable bonds is 7. The van der Waals surface area contributed by atoms with Gasteiger partial charge in [0.25, 0.3) is 0 Å². The van der Waals surface area contributed by atoms with Crippen LogP contribution in [0.4, 0.5) is 0 Å². The normalized spacial score (nSPS) is 14.8. The predicted molar refractivity (Wildman–Crippen MR) is 81.7 cm³/mol. The summed E-state index contributed by atoms with van der Waals surface area (Å²) in [5.41, 5.74) is 1.12. The summed E-state index contributed by atoms with van der Waals surface area (Å²) < 4.78 is 10.7. The van der Waals surface area contributed by atoms with Crippen molar-refractivity contribution >= 4 is 11.6 Å². The standard InChI is InChI=1S/C15H23ClN2O2/c1-4-11(2)18(3)6-5-17-9-12-7-13(16)15-14(8-12)19-10-20-15/h7-8,11,17H,4-6,9-10H2,1-3H3. The van der Waals surface area contributed by atoms with Gasteiger partial charge in [-0.1, -0.05) is 18.5 Å². The monoisotopic (exact) mass is 298 g/mol. The highest BCUT2D eigenvalue weighted by Crippen LogP contribution is 2.39. The van der Waals surface area contributed by atoms with Crippen LogP contribution in [0.1, 0.15) is 25.8 Å². The quantitative estimate of drug-likeness (QED) is 0.785. The molecule has 0 bridgehead atoms.